The van der Waals surface area contributed by atoms with Crippen molar-refractivity contribution in [1.29, 1.82) is 0 Å². The van der Waals surface area contributed by atoms with Gasteiger partial charge < -0.3 is 5.32 Å². The molecular formula is C17H25NO2S. The van der Waals surface area contributed by atoms with Gasteiger partial charge in [-0.3, -0.25) is 0 Å². The quantitative estimate of drug-likeness (QED) is 0.930. The molecule has 116 valence electrons. The minimum atomic E-state index is -3.22. The second-order valence-electron chi connectivity index (χ2n) is 6.32. The van der Waals surface area contributed by atoms with Crippen molar-refractivity contribution in [3.63, 3.8) is 0 Å². The van der Waals surface area contributed by atoms with E-state index in [9.17, 15) is 8.42 Å². The molecule has 0 radical (unpaired) electrons. The lowest BCUT2D eigenvalue weighted by Crippen LogP contribution is -2.46. The van der Waals surface area contributed by atoms with Crippen molar-refractivity contribution >= 4 is 9.84 Å². The molecule has 2 aliphatic rings. The van der Waals surface area contributed by atoms with Crippen molar-refractivity contribution in [2.45, 2.75) is 68.1 Å². The van der Waals surface area contributed by atoms with Gasteiger partial charge in [-0.05, 0) is 61.9 Å². The zero-order valence-electron chi connectivity index (χ0n) is 12.8. The van der Waals surface area contributed by atoms with Crippen molar-refractivity contribution in [3.8, 4) is 0 Å². The van der Waals surface area contributed by atoms with Gasteiger partial charge >= 0.3 is 0 Å². The molecule has 4 heteroatoms. The normalized spacial score (nSPS) is 25.8. The monoisotopic (exact) mass is 307 g/mol. The summed E-state index contributed by atoms with van der Waals surface area (Å²) in [7, 11) is -3.22. The van der Waals surface area contributed by atoms with E-state index in [0.717, 1.165) is 51.5 Å². The van der Waals surface area contributed by atoms with Crippen LogP contribution in [0.3, 0.4) is 0 Å². The van der Waals surface area contributed by atoms with Crippen molar-refractivity contribution in [2.24, 2.45) is 0 Å². The van der Waals surface area contributed by atoms with Gasteiger partial charge in [0.15, 0.2) is 9.84 Å². The van der Waals surface area contributed by atoms with E-state index in [1.165, 1.54) is 11.1 Å². The average molecular weight is 307 g/mol. The molecule has 1 aromatic carbocycles. The fourth-order valence-corrected chi connectivity index (χ4v) is 5.92. The van der Waals surface area contributed by atoms with E-state index in [0.29, 0.717) is 4.90 Å². The Hall–Kier alpha value is -0.870. The van der Waals surface area contributed by atoms with Gasteiger partial charge in [0.25, 0.3) is 0 Å². The number of hydrogen-bond acceptors (Lipinski definition) is 3. The molecule has 0 spiro atoms. The van der Waals surface area contributed by atoms with Gasteiger partial charge in [0.05, 0.1) is 10.1 Å². The number of aryl methyl sites for hydroxylation is 2. The summed E-state index contributed by atoms with van der Waals surface area (Å²) >= 11 is 0. The summed E-state index contributed by atoms with van der Waals surface area (Å²) < 4.78 is 26.1. The van der Waals surface area contributed by atoms with E-state index in [1.54, 1.807) is 0 Å². The Morgan fingerprint density at radius 2 is 1.86 bits per heavy atom. The number of hydrogen-bond donors (Lipinski definition) is 1. The maximum absolute atomic E-state index is 13.0. The third-order valence-corrected chi connectivity index (χ3v) is 7.24. The molecule has 2 aliphatic carbocycles. The van der Waals surface area contributed by atoms with Gasteiger partial charge in [-0.2, -0.15) is 0 Å². The summed E-state index contributed by atoms with van der Waals surface area (Å²) in [5.74, 6) is 0. The number of nitrogens with one attached hydrogen (secondary N) is 1. The summed E-state index contributed by atoms with van der Waals surface area (Å²) in [4.78, 5) is 0.540. The summed E-state index contributed by atoms with van der Waals surface area (Å²) in [5, 5.41) is 3.12. The Balaban J connectivity index is 1.91. The number of fused-ring (bicyclic) bond motifs is 1. The second-order valence-corrected chi connectivity index (χ2v) is 8.48. The van der Waals surface area contributed by atoms with Gasteiger partial charge in [-0.15, -0.1) is 0 Å². The molecule has 2 unspecified atom stereocenters. The van der Waals surface area contributed by atoms with Crippen LogP contribution in [0.4, 0.5) is 0 Å². The molecule has 1 aromatic rings. The minimum Gasteiger partial charge on any atom is -0.313 e. The minimum absolute atomic E-state index is 0.113. The first-order valence-electron chi connectivity index (χ1n) is 8.22. The lowest BCUT2D eigenvalue weighted by Gasteiger charge is -2.31. The van der Waals surface area contributed by atoms with E-state index in [1.807, 2.05) is 25.1 Å². The van der Waals surface area contributed by atoms with E-state index in [4.69, 9.17) is 0 Å². The SMILES string of the molecule is CCNC1CCCCC1S(=O)(=O)c1ccc2c(c1)CCC2. The molecule has 3 rings (SSSR count). The molecule has 21 heavy (non-hydrogen) atoms. The molecule has 0 aromatic heterocycles. The third-order valence-electron chi connectivity index (χ3n) is 4.97. The Morgan fingerprint density at radius 3 is 2.67 bits per heavy atom. The third kappa shape index (κ3) is 2.88. The molecule has 0 saturated heterocycles. The molecule has 3 nitrogen and oxygen atoms in total. The van der Waals surface area contributed by atoms with Crippen molar-refractivity contribution in [2.75, 3.05) is 6.54 Å². The number of benzene rings is 1. The van der Waals surface area contributed by atoms with Crippen LogP contribution in [-0.2, 0) is 22.7 Å². The van der Waals surface area contributed by atoms with Crippen molar-refractivity contribution in [3.05, 3.63) is 29.3 Å². The molecule has 2 atom stereocenters. The lowest BCUT2D eigenvalue weighted by atomic mass is 9.95. The van der Waals surface area contributed by atoms with E-state index in [-0.39, 0.29) is 11.3 Å². The predicted octanol–water partition coefficient (Wildman–Crippen LogP) is 2.87. The zero-order chi connectivity index (χ0) is 14.9. The van der Waals surface area contributed by atoms with Crippen LogP contribution in [0.2, 0.25) is 0 Å². The summed E-state index contributed by atoms with van der Waals surface area (Å²) in [6.07, 6.45) is 7.20. The zero-order valence-corrected chi connectivity index (χ0v) is 13.6. The highest BCUT2D eigenvalue weighted by atomic mass is 32.2. The standard InChI is InChI=1S/C17H25NO2S/c1-2-18-16-8-3-4-9-17(16)21(19,20)15-11-10-13-6-5-7-14(13)12-15/h10-12,16-18H,2-9H2,1H3. The molecule has 0 amide bonds. The Morgan fingerprint density at radius 1 is 1.10 bits per heavy atom. The summed E-state index contributed by atoms with van der Waals surface area (Å²) in [5.41, 5.74) is 2.58. The first-order valence-corrected chi connectivity index (χ1v) is 9.76. The largest absolute Gasteiger partial charge is 0.313 e. The molecule has 0 heterocycles. The van der Waals surface area contributed by atoms with Crippen LogP contribution >= 0.6 is 0 Å². The maximum Gasteiger partial charge on any atom is 0.182 e. The molecule has 0 aliphatic heterocycles. The van der Waals surface area contributed by atoms with Crippen molar-refractivity contribution in [1.82, 2.24) is 5.32 Å². The first-order chi connectivity index (χ1) is 10.1. The number of sulfone groups is 1. The Bertz CT molecular complexity index is 607. The molecule has 0 bridgehead atoms. The summed E-state index contributed by atoms with van der Waals surface area (Å²) in [6.45, 7) is 2.88. The van der Waals surface area contributed by atoms with Gasteiger partial charge in [0.2, 0.25) is 0 Å². The highest BCUT2D eigenvalue weighted by molar-refractivity contribution is 7.92. The van der Waals surface area contributed by atoms with Crippen LogP contribution in [0, 0.1) is 0 Å². The van der Waals surface area contributed by atoms with Gasteiger partial charge in [-0.25, -0.2) is 8.42 Å². The van der Waals surface area contributed by atoms with E-state index < -0.39 is 9.84 Å². The molecular weight excluding hydrogens is 282 g/mol. The van der Waals surface area contributed by atoms with E-state index >= 15 is 0 Å². The van der Waals surface area contributed by atoms with Gasteiger partial charge in [0, 0.05) is 6.04 Å². The lowest BCUT2D eigenvalue weighted by molar-refractivity contribution is 0.377. The maximum atomic E-state index is 13.0. The van der Waals surface area contributed by atoms with Gasteiger partial charge in [0.1, 0.15) is 0 Å². The topological polar surface area (TPSA) is 46.2 Å². The molecule has 1 fully saturated rings. The van der Waals surface area contributed by atoms with Crippen LogP contribution in [0.5, 0.6) is 0 Å². The molecule has 1 saturated carbocycles. The number of rotatable bonds is 4. The van der Waals surface area contributed by atoms with E-state index in [2.05, 4.69) is 5.32 Å². The highest BCUT2D eigenvalue weighted by Gasteiger charge is 2.36. The summed E-state index contributed by atoms with van der Waals surface area (Å²) in [6, 6.07) is 5.91. The Labute approximate surface area is 128 Å². The highest BCUT2D eigenvalue weighted by Crippen LogP contribution is 2.31. The average Bonchev–Trinajstić information content (AvgIpc) is 2.95. The second kappa shape index (κ2) is 6.09. The van der Waals surface area contributed by atoms with Crippen molar-refractivity contribution < 1.29 is 8.42 Å². The fourth-order valence-electron chi connectivity index (χ4n) is 3.86. The van der Waals surface area contributed by atoms with Crippen LogP contribution in [0.25, 0.3) is 0 Å². The van der Waals surface area contributed by atoms with Crippen LogP contribution in [0.1, 0.15) is 50.2 Å². The van der Waals surface area contributed by atoms with Crippen LogP contribution in [0.15, 0.2) is 23.1 Å². The van der Waals surface area contributed by atoms with Gasteiger partial charge in [-0.1, -0.05) is 25.8 Å². The van der Waals surface area contributed by atoms with Crippen LogP contribution in [-0.4, -0.2) is 26.3 Å². The fraction of sp³-hybridized carbons (Fsp3) is 0.647. The van der Waals surface area contributed by atoms with Crippen LogP contribution < -0.4 is 5.32 Å². The first kappa shape index (κ1) is 15.0. The smallest absolute Gasteiger partial charge is 0.182 e. The molecule has 1 N–H and O–H groups in total. The predicted molar refractivity (Wildman–Crippen MR) is 85.4 cm³/mol. The Kier molecular flexibility index (Phi) is 4.36.